The Hall–Kier alpha value is -2.99. The number of hydrogen-bond donors (Lipinski definition) is 0. The Morgan fingerprint density at radius 3 is 2.70 bits per heavy atom. The molecule has 4 rings (SSSR count). The van der Waals surface area contributed by atoms with Gasteiger partial charge in [0, 0.05) is 35.7 Å². The standard InChI is InChI=1S/C23H23ClN2O4/c1-28-18-5-7-20(29-2)16(13-18)3-8-22(27)26-11-9-15(10-12-26)23-25-19-14-17(24)4-6-21(19)30-23/h3-8,13-15H,9-12H2,1-2H3. The maximum absolute atomic E-state index is 12.7. The Bertz CT molecular complexity index is 1080. The zero-order valence-electron chi connectivity index (χ0n) is 16.9. The van der Waals surface area contributed by atoms with Gasteiger partial charge in [-0.3, -0.25) is 4.79 Å². The number of oxazole rings is 1. The van der Waals surface area contributed by atoms with Crippen molar-refractivity contribution < 1.29 is 18.7 Å². The first-order valence-corrected chi connectivity index (χ1v) is 10.2. The van der Waals surface area contributed by atoms with E-state index in [0.717, 1.165) is 35.4 Å². The van der Waals surface area contributed by atoms with E-state index < -0.39 is 0 Å². The number of carbonyl (C=O) groups excluding carboxylic acids is 1. The van der Waals surface area contributed by atoms with E-state index in [1.54, 1.807) is 38.5 Å². The van der Waals surface area contributed by atoms with Gasteiger partial charge in [0.05, 0.1) is 14.2 Å². The Morgan fingerprint density at radius 2 is 1.97 bits per heavy atom. The van der Waals surface area contributed by atoms with Gasteiger partial charge < -0.3 is 18.8 Å². The van der Waals surface area contributed by atoms with Crippen LogP contribution in [-0.2, 0) is 4.79 Å². The number of carbonyl (C=O) groups is 1. The van der Waals surface area contributed by atoms with E-state index in [9.17, 15) is 4.79 Å². The topological polar surface area (TPSA) is 64.8 Å². The number of halogens is 1. The normalized spacial score (nSPS) is 15.1. The first-order chi connectivity index (χ1) is 14.6. The fourth-order valence-corrected chi connectivity index (χ4v) is 3.84. The second-order valence-corrected chi connectivity index (χ2v) is 7.64. The largest absolute Gasteiger partial charge is 0.497 e. The number of aromatic nitrogens is 1. The summed E-state index contributed by atoms with van der Waals surface area (Å²) in [5.41, 5.74) is 2.31. The molecule has 0 bridgehead atoms. The molecule has 30 heavy (non-hydrogen) atoms. The Kier molecular flexibility index (Phi) is 5.95. The molecule has 6 nitrogen and oxygen atoms in total. The number of methoxy groups -OCH3 is 2. The van der Waals surface area contributed by atoms with Crippen molar-refractivity contribution in [2.24, 2.45) is 0 Å². The number of benzene rings is 2. The number of fused-ring (bicyclic) bond motifs is 1. The van der Waals surface area contributed by atoms with Gasteiger partial charge in [0.2, 0.25) is 5.91 Å². The van der Waals surface area contributed by atoms with Gasteiger partial charge in [-0.1, -0.05) is 11.6 Å². The smallest absolute Gasteiger partial charge is 0.246 e. The van der Waals surface area contributed by atoms with Crippen LogP contribution in [0.5, 0.6) is 11.5 Å². The Morgan fingerprint density at radius 1 is 1.17 bits per heavy atom. The van der Waals surface area contributed by atoms with Gasteiger partial charge in [-0.05, 0) is 55.3 Å². The lowest BCUT2D eigenvalue weighted by Crippen LogP contribution is -2.36. The quantitative estimate of drug-likeness (QED) is 0.542. The number of hydrogen-bond acceptors (Lipinski definition) is 5. The fourth-order valence-electron chi connectivity index (χ4n) is 3.68. The molecule has 0 radical (unpaired) electrons. The van der Waals surface area contributed by atoms with Crippen molar-refractivity contribution >= 4 is 34.7 Å². The zero-order chi connectivity index (χ0) is 21.1. The highest BCUT2D eigenvalue weighted by atomic mass is 35.5. The molecule has 0 aliphatic carbocycles. The molecule has 3 aromatic rings. The summed E-state index contributed by atoms with van der Waals surface area (Å²) in [4.78, 5) is 19.1. The lowest BCUT2D eigenvalue weighted by atomic mass is 9.96. The lowest BCUT2D eigenvalue weighted by Gasteiger charge is -2.29. The van der Waals surface area contributed by atoms with Crippen LogP contribution in [-0.4, -0.2) is 43.1 Å². The average Bonchev–Trinajstić information content (AvgIpc) is 3.20. The number of nitrogens with zero attached hydrogens (tertiary/aromatic N) is 2. The molecule has 2 heterocycles. The van der Waals surface area contributed by atoms with Gasteiger partial charge in [-0.15, -0.1) is 0 Å². The van der Waals surface area contributed by atoms with Crippen LogP contribution in [0.3, 0.4) is 0 Å². The van der Waals surface area contributed by atoms with E-state index >= 15 is 0 Å². The van der Waals surface area contributed by atoms with Crippen molar-refractivity contribution in [1.82, 2.24) is 9.88 Å². The average molecular weight is 427 g/mol. The summed E-state index contributed by atoms with van der Waals surface area (Å²) in [5.74, 6) is 2.29. The van der Waals surface area contributed by atoms with Crippen molar-refractivity contribution in [3.63, 3.8) is 0 Å². The molecule has 0 saturated carbocycles. The fraction of sp³-hybridized carbons (Fsp3) is 0.304. The molecule has 1 aromatic heterocycles. The van der Waals surface area contributed by atoms with Crippen molar-refractivity contribution in [1.29, 1.82) is 0 Å². The predicted octanol–water partition coefficient (Wildman–Crippen LogP) is 4.92. The van der Waals surface area contributed by atoms with Crippen LogP contribution in [0.15, 0.2) is 46.9 Å². The minimum Gasteiger partial charge on any atom is -0.497 e. The first-order valence-electron chi connectivity index (χ1n) is 9.82. The zero-order valence-corrected chi connectivity index (χ0v) is 17.7. The van der Waals surface area contributed by atoms with Gasteiger partial charge in [0.25, 0.3) is 0 Å². The number of amides is 1. The summed E-state index contributed by atoms with van der Waals surface area (Å²) in [5, 5.41) is 0.641. The first kappa shape index (κ1) is 20.3. The van der Waals surface area contributed by atoms with Crippen LogP contribution in [0.2, 0.25) is 5.02 Å². The molecule has 1 amide bonds. The lowest BCUT2D eigenvalue weighted by molar-refractivity contribution is -0.127. The van der Waals surface area contributed by atoms with Crippen molar-refractivity contribution in [3.8, 4) is 11.5 Å². The van der Waals surface area contributed by atoms with E-state index in [0.29, 0.717) is 29.6 Å². The number of rotatable bonds is 5. The third-order valence-electron chi connectivity index (χ3n) is 5.36. The molecular weight excluding hydrogens is 404 g/mol. The highest BCUT2D eigenvalue weighted by molar-refractivity contribution is 6.31. The predicted molar refractivity (Wildman–Crippen MR) is 116 cm³/mol. The molecule has 2 aromatic carbocycles. The molecule has 1 fully saturated rings. The summed E-state index contributed by atoms with van der Waals surface area (Å²) in [7, 11) is 3.21. The van der Waals surface area contributed by atoms with Crippen LogP contribution in [0.1, 0.15) is 30.2 Å². The number of ether oxygens (including phenoxy) is 2. The van der Waals surface area contributed by atoms with Gasteiger partial charge >= 0.3 is 0 Å². The Balaban J connectivity index is 1.40. The molecule has 0 N–H and O–H groups in total. The van der Waals surface area contributed by atoms with Crippen LogP contribution in [0, 0.1) is 0 Å². The molecule has 1 saturated heterocycles. The minimum atomic E-state index is -0.0253. The minimum absolute atomic E-state index is 0.0253. The maximum atomic E-state index is 12.7. The van der Waals surface area contributed by atoms with Gasteiger partial charge in [-0.2, -0.15) is 0 Å². The molecule has 0 spiro atoms. The molecule has 1 aliphatic rings. The third-order valence-corrected chi connectivity index (χ3v) is 5.60. The van der Waals surface area contributed by atoms with Crippen LogP contribution in [0.4, 0.5) is 0 Å². The van der Waals surface area contributed by atoms with Crippen molar-refractivity contribution in [2.45, 2.75) is 18.8 Å². The second-order valence-electron chi connectivity index (χ2n) is 7.20. The second kappa shape index (κ2) is 8.79. The van der Waals surface area contributed by atoms with Gasteiger partial charge in [0.15, 0.2) is 11.5 Å². The SMILES string of the molecule is COc1ccc(OC)c(C=CC(=O)N2CCC(c3nc4cc(Cl)ccc4o3)CC2)c1. The van der Waals surface area contributed by atoms with Gasteiger partial charge in [-0.25, -0.2) is 4.98 Å². The van der Waals surface area contributed by atoms with E-state index in [2.05, 4.69) is 4.98 Å². The molecule has 156 valence electrons. The third kappa shape index (κ3) is 4.28. The Labute approximate surface area is 180 Å². The number of piperidine rings is 1. The van der Waals surface area contributed by atoms with Crippen LogP contribution < -0.4 is 9.47 Å². The van der Waals surface area contributed by atoms with Crippen molar-refractivity contribution in [3.05, 3.63) is 59.0 Å². The summed E-state index contributed by atoms with van der Waals surface area (Å²) < 4.78 is 16.5. The molecule has 7 heteroatoms. The van der Waals surface area contributed by atoms with Gasteiger partial charge in [0.1, 0.15) is 17.0 Å². The highest BCUT2D eigenvalue weighted by Crippen LogP contribution is 2.31. The van der Waals surface area contributed by atoms with E-state index in [4.69, 9.17) is 25.5 Å². The molecular formula is C23H23ClN2O4. The summed E-state index contributed by atoms with van der Waals surface area (Å²) in [6.45, 7) is 1.31. The van der Waals surface area contributed by atoms with E-state index in [-0.39, 0.29) is 11.8 Å². The molecule has 0 atom stereocenters. The van der Waals surface area contributed by atoms with Crippen molar-refractivity contribution in [2.75, 3.05) is 27.3 Å². The monoisotopic (exact) mass is 426 g/mol. The summed E-state index contributed by atoms with van der Waals surface area (Å²) in [6, 6.07) is 10.9. The van der Waals surface area contributed by atoms with E-state index in [1.807, 2.05) is 29.2 Å². The van der Waals surface area contributed by atoms with Crippen LogP contribution >= 0.6 is 11.6 Å². The molecule has 1 aliphatic heterocycles. The number of likely N-dealkylation sites (tertiary alicyclic amines) is 1. The van der Waals surface area contributed by atoms with E-state index in [1.165, 1.54) is 0 Å². The maximum Gasteiger partial charge on any atom is 0.246 e. The highest BCUT2D eigenvalue weighted by Gasteiger charge is 2.26. The summed E-state index contributed by atoms with van der Waals surface area (Å²) >= 11 is 6.03. The molecule has 0 unspecified atom stereocenters. The summed E-state index contributed by atoms with van der Waals surface area (Å²) in [6.07, 6.45) is 4.96. The van der Waals surface area contributed by atoms with Crippen LogP contribution in [0.25, 0.3) is 17.2 Å².